The second-order valence-corrected chi connectivity index (χ2v) is 7.18. The Labute approximate surface area is 171 Å². The zero-order valence-electron chi connectivity index (χ0n) is 14.7. The van der Waals surface area contributed by atoms with Crippen LogP contribution in [0, 0.1) is 10.5 Å². The normalized spacial score (nSPS) is 10.3. The first-order valence-corrected chi connectivity index (χ1v) is 9.49. The number of carbonyl (C=O) groups excluding carboxylic acids is 2. The highest BCUT2D eigenvalue weighted by Crippen LogP contribution is 2.18. The van der Waals surface area contributed by atoms with Gasteiger partial charge in [-0.05, 0) is 71.5 Å². The Balaban J connectivity index is 1.56. The first-order valence-electron chi connectivity index (χ1n) is 8.41. The van der Waals surface area contributed by atoms with E-state index in [1.165, 1.54) is 0 Å². The Kier molecular flexibility index (Phi) is 6.24. The van der Waals surface area contributed by atoms with Crippen LogP contribution in [0.1, 0.15) is 21.5 Å². The van der Waals surface area contributed by atoms with Crippen molar-refractivity contribution in [1.82, 2.24) is 0 Å². The third-order valence-corrected chi connectivity index (χ3v) is 5.14. The third kappa shape index (κ3) is 5.17. The number of halogens is 1. The number of carbonyl (C=O) groups is 2. The standard InChI is InChI=1S/C22H18INO3/c1-15-7-10-18(13-20(15)23)24-21(25)14-27-19-11-8-17(9-12-19)22(26)16-5-3-2-4-6-16/h2-13H,14H2,1H3,(H,24,25). The average molecular weight is 471 g/mol. The maximum atomic E-state index is 12.4. The van der Waals surface area contributed by atoms with Gasteiger partial charge in [-0.25, -0.2) is 0 Å². The molecule has 0 atom stereocenters. The second-order valence-electron chi connectivity index (χ2n) is 6.02. The number of ketones is 1. The van der Waals surface area contributed by atoms with Crippen molar-refractivity contribution in [1.29, 1.82) is 0 Å². The summed E-state index contributed by atoms with van der Waals surface area (Å²) in [5.74, 6) is 0.251. The predicted molar refractivity (Wildman–Crippen MR) is 114 cm³/mol. The van der Waals surface area contributed by atoms with Gasteiger partial charge in [-0.15, -0.1) is 0 Å². The quantitative estimate of drug-likeness (QED) is 0.413. The van der Waals surface area contributed by atoms with Crippen LogP contribution in [0.3, 0.4) is 0 Å². The monoisotopic (exact) mass is 471 g/mol. The van der Waals surface area contributed by atoms with Crippen LogP contribution < -0.4 is 10.1 Å². The van der Waals surface area contributed by atoms with E-state index in [1.807, 2.05) is 43.3 Å². The number of hydrogen-bond donors (Lipinski definition) is 1. The predicted octanol–water partition coefficient (Wildman–Crippen LogP) is 4.85. The first-order chi connectivity index (χ1) is 13.0. The summed E-state index contributed by atoms with van der Waals surface area (Å²) in [6.45, 7) is 1.92. The molecule has 0 aliphatic carbocycles. The highest BCUT2D eigenvalue weighted by molar-refractivity contribution is 14.1. The molecule has 1 amide bonds. The molecule has 0 fully saturated rings. The third-order valence-electron chi connectivity index (χ3n) is 3.98. The molecule has 0 aliphatic heterocycles. The maximum absolute atomic E-state index is 12.4. The summed E-state index contributed by atoms with van der Waals surface area (Å²) in [5.41, 5.74) is 3.11. The highest BCUT2D eigenvalue weighted by Gasteiger charge is 2.09. The minimum absolute atomic E-state index is 0.0473. The summed E-state index contributed by atoms with van der Waals surface area (Å²) >= 11 is 2.23. The maximum Gasteiger partial charge on any atom is 0.262 e. The van der Waals surface area contributed by atoms with E-state index < -0.39 is 0 Å². The van der Waals surface area contributed by atoms with Crippen molar-refractivity contribution in [3.63, 3.8) is 0 Å². The molecule has 0 radical (unpaired) electrons. The summed E-state index contributed by atoms with van der Waals surface area (Å²) in [4.78, 5) is 24.4. The van der Waals surface area contributed by atoms with Crippen molar-refractivity contribution in [3.8, 4) is 5.75 Å². The molecule has 3 aromatic carbocycles. The molecule has 0 heterocycles. The number of benzene rings is 3. The van der Waals surface area contributed by atoms with Crippen molar-refractivity contribution < 1.29 is 14.3 Å². The molecule has 0 bridgehead atoms. The molecule has 0 spiro atoms. The van der Waals surface area contributed by atoms with Gasteiger partial charge in [-0.1, -0.05) is 36.4 Å². The molecule has 0 saturated heterocycles. The van der Waals surface area contributed by atoms with Crippen molar-refractivity contribution in [3.05, 3.63) is 93.1 Å². The first kappa shape index (κ1) is 19.1. The summed E-state index contributed by atoms with van der Waals surface area (Å²) < 4.78 is 6.60. The number of nitrogens with one attached hydrogen (secondary N) is 1. The van der Waals surface area contributed by atoms with Gasteiger partial charge in [0.2, 0.25) is 0 Å². The lowest BCUT2D eigenvalue weighted by Gasteiger charge is -2.09. The molecule has 0 aliphatic rings. The minimum atomic E-state index is -0.237. The summed E-state index contributed by atoms with van der Waals surface area (Å²) in [5, 5.41) is 2.81. The van der Waals surface area contributed by atoms with Gasteiger partial charge in [0.15, 0.2) is 12.4 Å². The van der Waals surface area contributed by atoms with Gasteiger partial charge >= 0.3 is 0 Å². The molecule has 4 nitrogen and oxygen atoms in total. The Morgan fingerprint density at radius 1 is 0.926 bits per heavy atom. The topological polar surface area (TPSA) is 55.4 Å². The van der Waals surface area contributed by atoms with Crippen molar-refractivity contribution in [2.45, 2.75) is 6.92 Å². The summed E-state index contributed by atoms with van der Waals surface area (Å²) in [6.07, 6.45) is 0. The van der Waals surface area contributed by atoms with Gasteiger partial charge in [0.05, 0.1) is 0 Å². The zero-order valence-corrected chi connectivity index (χ0v) is 16.9. The van der Waals surface area contributed by atoms with E-state index in [0.717, 1.165) is 14.8 Å². The van der Waals surface area contributed by atoms with Crippen molar-refractivity contribution >= 4 is 40.0 Å². The number of amides is 1. The molecule has 27 heavy (non-hydrogen) atoms. The smallest absolute Gasteiger partial charge is 0.262 e. The van der Waals surface area contributed by atoms with Crippen LogP contribution in [-0.4, -0.2) is 18.3 Å². The number of ether oxygens (including phenoxy) is 1. The van der Waals surface area contributed by atoms with Gasteiger partial charge in [-0.3, -0.25) is 9.59 Å². The number of aryl methyl sites for hydroxylation is 1. The van der Waals surface area contributed by atoms with Crippen LogP contribution in [0.15, 0.2) is 72.8 Å². The highest BCUT2D eigenvalue weighted by atomic mass is 127. The van der Waals surface area contributed by atoms with Crippen molar-refractivity contribution in [2.24, 2.45) is 0 Å². The van der Waals surface area contributed by atoms with Gasteiger partial charge in [-0.2, -0.15) is 0 Å². The average Bonchev–Trinajstić information content (AvgIpc) is 2.70. The molecule has 0 unspecified atom stereocenters. The van der Waals surface area contributed by atoms with Gasteiger partial charge in [0.25, 0.3) is 5.91 Å². The van der Waals surface area contributed by atoms with E-state index in [9.17, 15) is 9.59 Å². The summed E-state index contributed by atoms with van der Waals surface area (Å²) in [6, 6.07) is 21.6. The van der Waals surface area contributed by atoms with Crippen LogP contribution in [-0.2, 0) is 4.79 Å². The second kappa shape index (κ2) is 8.81. The lowest BCUT2D eigenvalue weighted by molar-refractivity contribution is -0.118. The lowest BCUT2D eigenvalue weighted by Crippen LogP contribution is -2.20. The summed E-state index contributed by atoms with van der Waals surface area (Å²) in [7, 11) is 0. The molecule has 3 aromatic rings. The Morgan fingerprint density at radius 2 is 1.59 bits per heavy atom. The number of hydrogen-bond acceptors (Lipinski definition) is 3. The molecular formula is C22H18INO3. The fourth-order valence-corrected chi connectivity index (χ4v) is 2.99. The molecule has 136 valence electrons. The van der Waals surface area contributed by atoms with E-state index in [2.05, 4.69) is 27.9 Å². The van der Waals surface area contributed by atoms with E-state index in [1.54, 1.807) is 36.4 Å². The molecule has 0 aromatic heterocycles. The van der Waals surface area contributed by atoms with Crippen molar-refractivity contribution in [2.75, 3.05) is 11.9 Å². The van der Waals surface area contributed by atoms with E-state index in [4.69, 9.17) is 4.74 Å². The molecule has 1 N–H and O–H groups in total. The van der Waals surface area contributed by atoms with Gasteiger partial charge < -0.3 is 10.1 Å². The SMILES string of the molecule is Cc1ccc(NC(=O)COc2ccc(C(=O)c3ccccc3)cc2)cc1I. The molecule has 0 saturated carbocycles. The minimum Gasteiger partial charge on any atom is -0.484 e. The van der Waals surface area contributed by atoms with E-state index >= 15 is 0 Å². The zero-order chi connectivity index (χ0) is 19.2. The van der Waals surface area contributed by atoms with Crippen LogP contribution in [0.2, 0.25) is 0 Å². The van der Waals surface area contributed by atoms with Crippen LogP contribution in [0.5, 0.6) is 5.75 Å². The molecule has 5 heteroatoms. The number of anilines is 1. The molecule has 3 rings (SSSR count). The fraction of sp³-hybridized carbons (Fsp3) is 0.0909. The van der Waals surface area contributed by atoms with Crippen LogP contribution >= 0.6 is 22.6 Å². The van der Waals surface area contributed by atoms with E-state index in [-0.39, 0.29) is 18.3 Å². The Hall–Kier alpha value is -2.67. The largest absolute Gasteiger partial charge is 0.484 e. The van der Waals surface area contributed by atoms with Gasteiger partial charge in [0.1, 0.15) is 5.75 Å². The Morgan fingerprint density at radius 3 is 2.26 bits per heavy atom. The van der Waals surface area contributed by atoms with Crippen LogP contribution in [0.4, 0.5) is 5.69 Å². The fourth-order valence-electron chi connectivity index (χ4n) is 2.48. The van der Waals surface area contributed by atoms with E-state index in [0.29, 0.717) is 16.9 Å². The van der Waals surface area contributed by atoms with Crippen LogP contribution in [0.25, 0.3) is 0 Å². The Bertz CT molecular complexity index is 953. The van der Waals surface area contributed by atoms with Gasteiger partial charge in [0, 0.05) is 20.4 Å². The lowest BCUT2D eigenvalue weighted by atomic mass is 10.0. The molecular weight excluding hydrogens is 453 g/mol. The number of rotatable bonds is 6.